The van der Waals surface area contributed by atoms with Gasteiger partial charge >= 0.3 is 0 Å². The van der Waals surface area contributed by atoms with Gasteiger partial charge in [0.1, 0.15) is 0 Å². The Balaban J connectivity index is 1.99. The summed E-state index contributed by atoms with van der Waals surface area (Å²) in [5.41, 5.74) is 0.371. The van der Waals surface area contributed by atoms with E-state index in [9.17, 15) is 0 Å². The minimum absolute atomic E-state index is 0.371. The van der Waals surface area contributed by atoms with Crippen molar-refractivity contribution in [3.8, 4) is 0 Å². The second kappa shape index (κ2) is 4.06. The summed E-state index contributed by atoms with van der Waals surface area (Å²) in [4.78, 5) is 2.72. The second-order valence-corrected chi connectivity index (χ2v) is 6.27. The smallest absolute Gasteiger partial charge is 0.0139 e. The van der Waals surface area contributed by atoms with Gasteiger partial charge in [-0.1, -0.05) is 0 Å². The molecule has 0 aromatic carbocycles. The zero-order valence-corrected chi connectivity index (χ0v) is 10.7. The molecule has 2 heterocycles. The Bertz CT molecular complexity index is 223. The van der Waals surface area contributed by atoms with Crippen LogP contribution >= 0.6 is 0 Å². The Kier molecular flexibility index (Phi) is 3.09. The summed E-state index contributed by atoms with van der Waals surface area (Å²) >= 11 is 0. The fourth-order valence-electron chi connectivity index (χ4n) is 3.44. The lowest BCUT2D eigenvalue weighted by atomic mass is 9.90. The number of likely N-dealkylation sites (tertiary alicyclic amines) is 1. The highest BCUT2D eigenvalue weighted by Gasteiger charge is 2.39. The first-order chi connectivity index (χ1) is 6.99. The first-order valence-electron chi connectivity index (χ1n) is 6.50. The highest BCUT2D eigenvalue weighted by atomic mass is 15.2. The molecule has 0 amide bonds. The van der Waals surface area contributed by atoms with Crippen molar-refractivity contribution < 1.29 is 0 Å². The zero-order chi connectivity index (χ0) is 11.1. The van der Waals surface area contributed by atoms with Crippen molar-refractivity contribution >= 4 is 0 Å². The molecule has 2 fully saturated rings. The Labute approximate surface area is 94.4 Å². The van der Waals surface area contributed by atoms with Gasteiger partial charge in [-0.2, -0.15) is 0 Å². The summed E-state index contributed by atoms with van der Waals surface area (Å²) in [6, 6.07) is 1.57. The molecule has 0 spiro atoms. The van der Waals surface area contributed by atoms with Gasteiger partial charge in [0, 0.05) is 24.2 Å². The standard InChI is InChI=1S/C13H26N2/c1-10(2)15-7-5-6-12(15)11-8-13(3,4)14-9-11/h10-12,14H,5-9H2,1-4H3. The fraction of sp³-hybridized carbons (Fsp3) is 1.00. The van der Waals surface area contributed by atoms with Crippen molar-refractivity contribution in [3.05, 3.63) is 0 Å². The first-order valence-corrected chi connectivity index (χ1v) is 6.50. The lowest BCUT2D eigenvalue weighted by molar-refractivity contribution is 0.155. The van der Waals surface area contributed by atoms with Gasteiger partial charge in [0.15, 0.2) is 0 Å². The number of nitrogens with one attached hydrogen (secondary N) is 1. The van der Waals surface area contributed by atoms with Crippen LogP contribution in [0.25, 0.3) is 0 Å². The van der Waals surface area contributed by atoms with E-state index in [4.69, 9.17) is 0 Å². The topological polar surface area (TPSA) is 15.3 Å². The van der Waals surface area contributed by atoms with Gasteiger partial charge in [0.05, 0.1) is 0 Å². The summed E-state index contributed by atoms with van der Waals surface area (Å²) in [7, 11) is 0. The lowest BCUT2D eigenvalue weighted by Gasteiger charge is -2.32. The molecule has 0 saturated carbocycles. The van der Waals surface area contributed by atoms with Gasteiger partial charge in [0.2, 0.25) is 0 Å². The molecule has 0 bridgehead atoms. The quantitative estimate of drug-likeness (QED) is 0.752. The molecule has 1 N–H and O–H groups in total. The molecule has 2 heteroatoms. The molecular formula is C13H26N2. The third-order valence-corrected chi connectivity index (χ3v) is 4.16. The summed E-state index contributed by atoms with van der Waals surface area (Å²) in [6.07, 6.45) is 4.17. The fourth-order valence-corrected chi connectivity index (χ4v) is 3.44. The van der Waals surface area contributed by atoms with E-state index >= 15 is 0 Å². The highest BCUT2D eigenvalue weighted by Crippen LogP contribution is 2.34. The second-order valence-electron chi connectivity index (χ2n) is 6.27. The maximum atomic E-state index is 3.66. The van der Waals surface area contributed by atoms with Crippen LogP contribution in [-0.2, 0) is 0 Å². The number of hydrogen-bond acceptors (Lipinski definition) is 2. The van der Waals surface area contributed by atoms with Gasteiger partial charge in [-0.25, -0.2) is 0 Å². The average molecular weight is 210 g/mol. The van der Waals surface area contributed by atoms with Crippen LogP contribution in [-0.4, -0.2) is 35.6 Å². The van der Waals surface area contributed by atoms with Crippen LogP contribution in [0.5, 0.6) is 0 Å². The highest BCUT2D eigenvalue weighted by molar-refractivity contribution is 4.97. The maximum Gasteiger partial charge on any atom is 0.0139 e. The van der Waals surface area contributed by atoms with Gasteiger partial charge in [0.25, 0.3) is 0 Å². The summed E-state index contributed by atoms with van der Waals surface area (Å²) < 4.78 is 0. The minimum atomic E-state index is 0.371. The Morgan fingerprint density at radius 1 is 1.33 bits per heavy atom. The largest absolute Gasteiger partial charge is 0.311 e. The molecule has 2 aliphatic heterocycles. The molecule has 2 atom stereocenters. The Hall–Kier alpha value is -0.0800. The van der Waals surface area contributed by atoms with E-state index in [0.29, 0.717) is 5.54 Å². The number of rotatable bonds is 2. The lowest BCUT2D eigenvalue weighted by Crippen LogP contribution is -2.40. The van der Waals surface area contributed by atoms with Crippen LogP contribution < -0.4 is 5.32 Å². The molecule has 0 radical (unpaired) electrons. The van der Waals surface area contributed by atoms with E-state index in [0.717, 1.165) is 18.0 Å². The van der Waals surface area contributed by atoms with Gasteiger partial charge < -0.3 is 5.32 Å². The van der Waals surface area contributed by atoms with Crippen LogP contribution in [0, 0.1) is 5.92 Å². The van der Waals surface area contributed by atoms with E-state index in [2.05, 4.69) is 37.9 Å². The minimum Gasteiger partial charge on any atom is -0.311 e. The van der Waals surface area contributed by atoms with E-state index in [1.54, 1.807) is 0 Å². The molecular weight excluding hydrogens is 184 g/mol. The van der Waals surface area contributed by atoms with E-state index in [1.807, 2.05) is 0 Å². The molecule has 2 unspecified atom stereocenters. The Morgan fingerprint density at radius 3 is 2.60 bits per heavy atom. The van der Waals surface area contributed by atoms with Crippen molar-refractivity contribution in [1.82, 2.24) is 10.2 Å². The number of nitrogens with zero attached hydrogens (tertiary/aromatic N) is 1. The predicted molar refractivity (Wildman–Crippen MR) is 65.1 cm³/mol. The predicted octanol–water partition coefficient (Wildman–Crippen LogP) is 2.25. The monoisotopic (exact) mass is 210 g/mol. The van der Waals surface area contributed by atoms with Crippen molar-refractivity contribution in [3.63, 3.8) is 0 Å². The summed E-state index contributed by atoms with van der Waals surface area (Å²) in [5, 5.41) is 3.66. The normalized spacial score (nSPS) is 36.6. The van der Waals surface area contributed by atoms with Crippen molar-refractivity contribution in [2.75, 3.05) is 13.1 Å². The number of hydrogen-bond donors (Lipinski definition) is 1. The first kappa shape index (κ1) is 11.4. The molecule has 0 aliphatic carbocycles. The molecule has 2 rings (SSSR count). The molecule has 15 heavy (non-hydrogen) atoms. The molecule has 2 saturated heterocycles. The summed E-state index contributed by atoms with van der Waals surface area (Å²) in [6.45, 7) is 11.9. The van der Waals surface area contributed by atoms with E-state index < -0.39 is 0 Å². The molecule has 2 aliphatic rings. The molecule has 2 nitrogen and oxygen atoms in total. The van der Waals surface area contributed by atoms with Crippen LogP contribution in [0.2, 0.25) is 0 Å². The van der Waals surface area contributed by atoms with Crippen molar-refractivity contribution in [1.29, 1.82) is 0 Å². The molecule has 88 valence electrons. The van der Waals surface area contributed by atoms with Crippen LogP contribution in [0.1, 0.15) is 47.0 Å². The van der Waals surface area contributed by atoms with Crippen LogP contribution in [0.3, 0.4) is 0 Å². The molecule has 0 aromatic heterocycles. The van der Waals surface area contributed by atoms with Gasteiger partial charge in [-0.05, 0) is 59.4 Å². The Morgan fingerprint density at radius 2 is 2.07 bits per heavy atom. The van der Waals surface area contributed by atoms with Crippen molar-refractivity contribution in [2.45, 2.75) is 64.6 Å². The maximum absolute atomic E-state index is 3.66. The third kappa shape index (κ3) is 2.36. The SMILES string of the molecule is CC(C)N1CCCC1C1CNC(C)(C)C1. The zero-order valence-electron chi connectivity index (χ0n) is 10.7. The summed E-state index contributed by atoms with van der Waals surface area (Å²) in [5.74, 6) is 0.880. The molecule has 0 aromatic rings. The average Bonchev–Trinajstić information content (AvgIpc) is 2.69. The van der Waals surface area contributed by atoms with Crippen molar-refractivity contribution in [2.24, 2.45) is 5.92 Å². The van der Waals surface area contributed by atoms with Crippen LogP contribution in [0.4, 0.5) is 0 Å². The van der Waals surface area contributed by atoms with Gasteiger partial charge in [-0.3, -0.25) is 4.90 Å². The van der Waals surface area contributed by atoms with Crippen LogP contribution in [0.15, 0.2) is 0 Å². The third-order valence-electron chi connectivity index (χ3n) is 4.16. The van der Waals surface area contributed by atoms with E-state index in [-0.39, 0.29) is 0 Å². The van der Waals surface area contributed by atoms with E-state index in [1.165, 1.54) is 32.4 Å². The van der Waals surface area contributed by atoms with Gasteiger partial charge in [-0.15, -0.1) is 0 Å².